The molecule has 1 aromatic heterocycles. The molecule has 5 heteroatoms. The smallest absolute Gasteiger partial charge is 0.105 e. The van der Waals surface area contributed by atoms with E-state index in [-0.39, 0.29) is 0 Å². The van der Waals surface area contributed by atoms with E-state index in [0.717, 1.165) is 43.4 Å². The molecular formula is C19H29N3O2. The highest BCUT2D eigenvalue weighted by molar-refractivity contribution is 5.02. The summed E-state index contributed by atoms with van der Waals surface area (Å²) in [6.07, 6.45) is 9.63. The zero-order chi connectivity index (χ0) is 16.1. The average molecular weight is 331 g/mol. The Morgan fingerprint density at radius 3 is 2.62 bits per heavy atom. The molecule has 4 aliphatic rings. The van der Waals surface area contributed by atoms with E-state index in [4.69, 9.17) is 9.47 Å². The predicted molar refractivity (Wildman–Crippen MR) is 90.9 cm³/mol. The SMILES string of the molecule is Cc1nccn1[C@H]1C[C@H]2CN(C3COC3)C[C@H]2C[C@@H]1OCC1CC1. The number of nitrogens with zero attached hydrogens (tertiary/aromatic N) is 3. The fourth-order valence-electron chi connectivity index (χ4n) is 4.91. The Balaban J connectivity index is 1.32. The summed E-state index contributed by atoms with van der Waals surface area (Å²) in [4.78, 5) is 7.15. The highest BCUT2D eigenvalue weighted by atomic mass is 16.5. The third-order valence-electron chi connectivity index (χ3n) is 6.71. The van der Waals surface area contributed by atoms with Gasteiger partial charge in [-0.15, -0.1) is 0 Å². The van der Waals surface area contributed by atoms with Crippen LogP contribution in [0.25, 0.3) is 0 Å². The van der Waals surface area contributed by atoms with Crippen molar-refractivity contribution in [3.63, 3.8) is 0 Å². The predicted octanol–water partition coefficient (Wildman–Crippen LogP) is 2.27. The van der Waals surface area contributed by atoms with Gasteiger partial charge >= 0.3 is 0 Å². The molecule has 0 amide bonds. The molecule has 4 atom stereocenters. The molecule has 5 rings (SSSR count). The average Bonchev–Trinajstić information content (AvgIpc) is 3.12. The van der Waals surface area contributed by atoms with Crippen LogP contribution in [-0.2, 0) is 9.47 Å². The van der Waals surface area contributed by atoms with Crippen LogP contribution in [0.5, 0.6) is 0 Å². The van der Waals surface area contributed by atoms with Crippen molar-refractivity contribution < 1.29 is 9.47 Å². The summed E-state index contributed by atoms with van der Waals surface area (Å²) >= 11 is 0. The van der Waals surface area contributed by atoms with Crippen molar-refractivity contribution in [1.82, 2.24) is 14.5 Å². The van der Waals surface area contributed by atoms with Gasteiger partial charge in [0.1, 0.15) is 5.82 Å². The van der Waals surface area contributed by atoms with Crippen molar-refractivity contribution in [2.45, 2.75) is 50.8 Å². The largest absolute Gasteiger partial charge is 0.378 e. The molecule has 3 heterocycles. The molecule has 132 valence electrons. The first-order chi connectivity index (χ1) is 11.8. The number of aromatic nitrogens is 2. The monoisotopic (exact) mass is 331 g/mol. The molecule has 2 aliphatic heterocycles. The van der Waals surface area contributed by atoms with Crippen molar-refractivity contribution in [3.05, 3.63) is 18.2 Å². The van der Waals surface area contributed by atoms with E-state index < -0.39 is 0 Å². The number of imidazole rings is 1. The van der Waals surface area contributed by atoms with Crippen molar-refractivity contribution in [2.75, 3.05) is 32.9 Å². The van der Waals surface area contributed by atoms with Crippen LogP contribution in [-0.4, -0.2) is 59.5 Å². The Morgan fingerprint density at radius 1 is 1.21 bits per heavy atom. The molecule has 2 aliphatic carbocycles. The Morgan fingerprint density at radius 2 is 2.00 bits per heavy atom. The first kappa shape index (κ1) is 15.4. The molecule has 0 unspecified atom stereocenters. The van der Waals surface area contributed by atoms with Crippen LogP contribution < -0.4 is 0 Å². The molecule has 4 fully saturated rings. The quantitative estimate of drug-likeness (QED) is 0.830. The minimum atomic E-state index is 0.359. The van der Waals surface area contributed by atoms with Gasteiger partial charge in [-0.1, -0.05) is 0 Å². The third-order valence-corrected chi connectivity index (χ3v) is 6.71. The summed E-state index contributed by atoms with van der Waals surface area (Å²) in [5.41, 5.74) is 0. The number of rotatable bonds is 5. The van der Waals surface area contributed by atoms with Gasteiger partial charge in [-0.3, -0.25) is 4.90 Å². The van der Waals surface area contributed by atoms with Crippen LogP contribution in [0.4, 0.5) is 0 Å². The topological polar surface area (TPSA) is 39.5 Å². The number of hydrogen-bond acceptors (Lipinski definition) is 4. The van der Waals surface area contributed by atoms with Crippen molar-refractivity contribution in [3.8, 4) is 0 Å². The molecule has 0 aromatic carbocycles. The van der Waals surface area contributed by atoms with Gasteiger partial charge in [0.25, 0.3) is 0 Å². The van der Waals surface area contributed by atoms with Crippen molar-refractivity contribution in [2.24, 2.45) is 17.8 Å². The minimum Gasteiger partial charge on any atom is -0.378 e. The lowest BCUT2D eigenvalue weighted by Gasteiger charge is -2.39. The molecule has 0 N–H and O–H groups in total. The van der Waals surface area contributed by atoms with E-state index in [1.54, 1.807) is 0 Å². The Hall–Kier alpha value is -0.910. The van der Waals surface area contributed by atoms with Gasteiger partial charge in [0.15, 0.2) is 0 Å². The molecule has 0 radical (unpaired) electrons. The van der Waals surface area contributed by atoms with Gasteiger partial charge < -0.3 is 14.0 Å². The van der Waals surface area contributed by atoms with Gasteiger partial charge in [-0.25, -0.2) is 4.98 Å². The van der Waals surface area contributed by atoms with E-state index in [9.17, 15) is 0 Å². The second kappa shape index (κ2) is 6.11. The lowest BCUT2D eigenvalue weighted by Crippen LogP contribution is -2.48. The molecular weight excluding hydrogens is 302 g/mol. The lowest BCUT2D eigenvalue weighted by atomic mass is 9.77. The summed E-state index contributed by atoms with van der Waals surface area (Å²) in [7, 11) is 0. The van der Waals surface area contributed by atoms with Gasteiger partial charge in [0, 0.05) is 32.1 Å². The molecule has 0 bridgehead atoms. The maximum Gasteiger partial charge on any atom is 0.105 e. The van der Waals surface area contributed by atoms with Crippen LogP contribution in [0.2, 0.25) is 0 Å². The summed E-state index contributed by atoms with van der Waals surface area (Å²) in [6, 6.07) is 1.14. The highest BCUT2D eigenvalue weighted by Gasteiger charge is 2.46. The standard InChI is InChI=1S/C19H29N3O2/c1-13-20-4-5-22(13)18-6-15-8-21(17-11-23-12-17)9-16(15)7-19(18)24-10-14-2-3-14/h4-5,14-19H,2-3,6-12H2,1H3/t15-,16+,18-,19-/m0/s1. The molecule has 5 nitrogen and oxygen atoms in total. The van der Waals surface area contributed by atoms with Crippen LogP contribution in [0.1, 0.15) is 37.5 Å². The second-order valence-electron chi connectivity index (χ2n) is 8.40. The number of aryl methyl sites for hydroxylation is 1. The van der Waals surface area contributed by atoms with E-state index in [2.05, 4.69) is 27.6 Å². The second-order valence-corrected chi connectivity index (χ2v) is 8.40. The summed E-state index contributed by atoms with van der Waals surface area (Å²) in [6.45, 7) is 7.45. The number of likely N-dealkylation sites (tertiary alicyclic amines) is 1. The first-order valence-electron chi connectivity index (χ1n) is 9.70. The Kier molecular flexibility index (Phi) is 3.91. The molecule has 1 aromatic rings. The van der Waals surface area contributed by atoms with E-state index in [1.165, 1.54) is 38.8 Å². The number of hydrogen-bond donors (Lipinski definition) is 0. The molecule has 0 spiro atoms. The van der Waals surface area contributed by atoms with Gasteiger partial charge in [0.2, 0.25) is 0 Å². The van der Waals surface area contributed by atoms with Crippen LogP contribution in [0.3, 0.4) is 0 Å². The lowest BCUT2D eigenvalue weighted by molar-refractivity contribution is -0.0590. The van der Waals surface area contributed by atoms with Gasteiger partial charge in [-0.05, 0) is 50.4 Å². The van der Waals surface area contributed by atoms with Crippen LogP contribution in [0, 0.1) is 24.7 Å². The first-order valence-corrected chi connectivity index (χ1v) is 9.70. The summed E-state index contributed by atoms with van der Waals surface area (Å²) < 4.78 is 14.2. The van der Waals surface area contributed by atoms with Gasteiger partial charge in [-0.2, -0.15) is 0 Å². The van der Waals surface area contributed by atoms with E-state index in [1.807, 2.05) is 6.20 Å². The fraction of sp³-hybridized carbons (Fsp3) is 0.842. The normalized spacial score (nSPS) is 37.4. The zero-order valence-corrected chi connectivity index (χ0v) is 14.6. The minimum absolute atomic E-state index is 0.359. The zero-order valence-electron chi connectivity index (χ0n) is 14.6. The highest BCUT2D eigenvalue weighted by Crippen LogP contribution is 2.44. The maximum atomic E-state index is 6.45. The summed E-state index contributed by atoms with van der Waals surface area (Å²) in [5, 5.41) is 0. The molecule has 2 saturated carbocycles. The van der Waals surface area contributed by atoms with Gasteiger partial charge in [0.05, 0.1) is 31.4 Å². The Bertz CT molecular complexity index is 581. The Labute approximate surface area is 144 Å². The third kappa shape index (κ3) is 2.80. The fourth-order valence-corrected chi connectivity index (χ4v) is 4.91. The summed E-state index contributed by atoms with van der Waals surface area (Å²) in [5.74, 6) is 3.56. The van der Waals surface area contributed by atoms with Crippen molar-refractivity contribution >= 4 is 0 Å². The maximum absolute atomic E-state index is 6.45. The number of fused-ring (bicyclic) bond motifs is 1. The van der Waals surface area contributed by atoms with E-state index in [0.29, 0.717) is 18.2 Å². The van der Waals surface area contributed by atoms with Crippen molar-refractivity contribution in [1.29, 1.82) is 0 Å². The molecule has 24 heavy (non-hydrogen) atoms. The number of ether oxygens (including phenoxy) is 2. The van der Waals surface area contributed by atoms with Crippen LogP contribution >= 0.6 is 0 Å². The van der Waals surface area contributed by atoms with Crippen LogP contribution in [0.15, 0.2) is 12.4 Å². The molecule has 2 saturated heterocycles. The van der Waals surface area contributed by atoms with E-state index >= 15 is 0 Å².